The molecule has 7 nitrogen and oxygen atoms in total. The van der Waals surface area contributed by atoms with Gasteiger partial charge in [-0.25, -0.2) is 0 Å². The zero-order valence-electron chi connectivity index (χ0n) is 22.9. The Hall–Kier alpha value is -1.06. The lowest BCUT2D eigenvalue weighted by molar-refractivity contribution is -0.392. The minimum absolute atomic E-state index is 0.232. The molecule has 1 aromatic carbocycles. The molecule has 36 heavy (non-hydrogen) atoms. The van der Waals surface area contributed by atoms with Crippen LogP contribution < -0.4 is 0 Å². The Morgan fingerprint density at radius 3 is 1.89 bits per heavy atom. The van der Waals surface area contributed by atoms with Crippen LogP contribution in [0.3, 0.4) is 0 Å². The van der Waals surface area contributed by atoms with Gasteiger partial charge < -0.3 is 33.9 Å². The molecule has 1 unspecified atom stereocenters. The normalized spacial score (nSPS) is 27.3. The average molecular weight is 511 g/mol. The minimum Gasteiger partial charge on any atom is -0.383 e. The first kappa shape index (κ1) is 31.2. The molecule has 1 heterocycles. The molecular weight excluding hydrogens is 460 g/mol. The van der Waals surface area contributed by atoms with Gasteiger partial charge in [-0.1, -0.05) is 83.7 Å². The van der Waals surface area contributed by atoms with E-state index in [0.717, 1.165) is 51.4 Å². The Morgan fingerprint density at radius 1 is 0.778 bits per heavy atom. The van der Waals surface area contributed by atoms with Gasteiger partial charge >= 0.3 is 0 Å². The third kappa shape index (κ3) is 9.05. The summed E-state index contributed by atoms with van der Waals surface area (Å²) in [6.45, 7) is 10.7. The fraction of sp³-hybridized carbons (Fsp3) is 0.793. The Bertz CT molecular complexity index is 673. The van der Waals surface area contributed by atoms with Crippen LogP contribution in [0.25, 0.3) is 0 Å². The molecule has 2 rings (SSSR count). The Morgan fingerprint density at radius 2 is 1.31 bits per heavy atom. The molecule has 1 aromatic rings. The number of aliphatic hydroxyl groups excluding tert-OH is 1. The standard InChI is InChI=1S/C29H50O7/c1-5-9-18-32-22-24-25(33-19-10-6-2)26(34-20-11-7-3)28(35-21-12-8-4)29(31,36-24)27(30)23-16-14-13-15-17-23/h13-17,24-28,30-31H,5-12,18-22H2,1-4H3/t24-,25-,26+,27?,28-,29+/m1/s1. The van der Waals surface area contributed by atoms with Gasteiger partial charge in [-0.2, -0.15) is 0 Å². The van der Waals surface area contributed by atoms with Crippen molar-refractivity contribution in [2.45, 2.75) is 115 Å². The lowest BCUT2D eigenvalue weighted by Gasteiger charge is -2.51. The highest BCUT2D eigenvalue weighted by atomic mass is 16.7. The highest BCUT2D eigenvalue weighted by molar-refractivity contribution is 5.21. The van der Waals surface area contributed by atoms with Gasteiger partial charge in [0.25, 0.3) is 0 Å². The van der Waals surface area contributed by atoms with E-state index in [0.29, 0.717) is 32.0 Å². The smallest absolute Gasteiger partial charge is 0.226 e. The van der Waals surface area contributed by atoms with Crippen molar-refractivity contribution in [3.8, 4) is 0 Å². The molecule has 0 saturated carbocycles. The molecule has 0 spiro atoms. The van der Waals surface area contributed by atoms with Crippen LogP contribution in [0.5, 0.6) is 0 Å². The molecular formula is C29H50O7. The van der Waals surface area contributed by atoms with Crippen molar-refractivity contribution in [3.63, 3.8) is 0 Å². The molecule has 0 aromatic heterocycles. The number of benzene rings is 1. The summed E-state index contributed by atoms with van der Waals surface area (Å²) in [5.41, 5.74) is 0.549. The second-order valence-corrected chi connectivity index (χ2v) is 9.67. The number of hydrogen-bond donors (Lipinski definition) is 2. The molecule has 2 N–H and O–H groups in total. The van der Waals surface area contributed by atoms with Crippen LogP contribution in [0.1, 0.15) is 90.7 Å². The summed E-state index contributed by atoms with van der Waals surface area (Å²) in [5.74, 6) is -2.03. The fourth-order valence-corrected chi connectivity index (χ4v) is 4.35. The van der Waals surface area contributed by atoms with E-state index in [-0.39, 0.29) is 6.61 Å². The number of unbranched alkanes of at least 4 members (excludes halogenated alkanes) is 4. The van der Waals surface area contributed by atoms with E-state index in [2.05, 4.69) is 27.7 Å². The molecule has 1 saturated heterocycles. The zero-order valence-corrected chi connectivity index (χ0v) is 22.9. The van der Waals surface area contributed by atoms with Gasteiger partial charge in [0, 0.05) is 26.4 Å². The number of rotatable bonds is 19. The molecule has 1 fully saturated rings. The summed E-state index contributed by atoms with van der Waals surface area (Å²) in [5, 5.41) is 23.5. The van der Waals surface area contributed by atoms with Crippen molar-refractivity contribution in [1.29, 1.82) is 0 Å². The molecule has 6 atom stereocenters. The number of aliphatic hydroxyl groups is 2. The van der Waals surface area contributed by atoms with E-state index in [9.17, 15) is 10.2 Å². The van der Waals surface area contributed by atoms with Crippen LogP contribution in [-0.2, 0) is 23.7 Å². The molecule has 1 aliphatic heterocycles. The van der Waals surface area contributed by atoms with E-state index in [4.69, 9.17) is 23.7 Å². The van der Waals surface area contributed by atoms with E-state index in [1.165, 1.54) is 0 Å². The van der Waals surface area contributed by atoms with E-state index in [1.807, 2.05) is 18.2 Å². The molecule has 0 bridgehead atoms. The lowest BCUT2D eigenvalue weighted by Crippen LogP contribution is -2.69. The highest BCUT2D eigenvalue weighted by Gasteiger charge is 2.59. The first-order valence-corrected chi connectivity index (χ1v) is 14.1. The second kappa shape index (κ2) is 17.4. The van der Waals surface area contributed by atoms with Gasteiger partial charge in [-0.15, -0.1) is 0 Å². The lowest BCUT2D eigenvalue weighted by atomic mass is 9.86. The van der Waals surface area contributed by atoms with E-state index < -0.39 is 36.3 Å². The largest absolute Gasteiger partial charge is 0.383 e. The van der Waals surface area contributed by atoms with Crippen LogP contribution in [-0.4, -0.2) is 73.5 Å². The summed E-state index contributed by atoms with van der Waals surface area (Å²) in [6, 6.07) is 9.08. The van der Waals surface area contributed by atoms with Crippen LogP contribution in [0.4, 0.5) is 0 Å². The summed E-state index contributed by atoms with van der Waals surface area (Å²) in [6.07, 6.45) is 3.46. The van der Waals surface area contributed by atoms with Crippen molar-refractivity contribution in [1.82, 2.24) is 0 Å². The van der Waals surface area contributed by atoms with Crippen LogP contribution in [0.2, 0.25) is 0 Å². The SMILES string of the molecule is CCCCOC[C@H]1O[C@@](O)(C(O)c2ccccc2)[C@H](OCCCC)[C@@H](OCCCC)[C@@H]1OCCCC. The van der Waals surface area contributed by atoms with Crippen molar-refractivity contribution < 1.29 is 33.9 Å². The van der Waals surface area contributed by atoms with Crippen LogP contribution >= 0.6 is 0 Å². The Balaban J connectivity index is 2.44. The first-order valence-electron chi connectivity index (χ1n) is 14.1. The second-order valence-electron chi connectivity index (χ2n) is 9.67. The van der Waals surface area contributed by atoms with Gasteiger partial charge in [0.15, 0.2) is 0 Å². The molecule has 1 aliphatic rings. The van der Waals surface area contributed by atoms with Crippen molar-refractivity contribution in [2.24, 2.45) is 0 Å². The van der Waals surface area contributed by atoms with E-state index >= 15 is 0 Å². The third-order valence-electron chi connectivity index (χ3n) is 6.58. The Kier molecular flexibility index (Phi) is 15.1. The predicted octanol–water partition coefficient (Wildman–Crippen LogP) is 5.18. The number of ether oxygens (including phenoxy) is 5. The molecule has 208 valence electrons. The van der Waals surface area contributed by atoms with Gasteiger partial charge in [0.1, 0.15) is 30.5 Å². The first-order chi connectivity index (χ1) is 17.5. The van der Waals surface area contributed by atoms with Crippen LogP contribution in [0, 0.1) is 0 Å². The van der Waals surface area contributed by atoms with Crippen molar-refractivity contribution in [3.05, 3.63) is 35.9 Å². The minimum atomic E-state index is -2.03. The maximum Gasteiger partial charge on any atom is 0.226 e. The molecule has 0 radical (unpaired) electrons. The van der Waals surface area contributed by atoms with Gasteiger partial charge in [-0.3, -0.25) is 0 Å². The maximum atomic E-state index is 12.1. The summed E-state index contributed by atoms with van der Waals surface area (Å²) < 4.78 is 31.3. The number of hydrogen-bond acceptors (Lipinski definition) is 7. The quantitative estimate of drug-likeness (QED) is 0.248. The summed E-state index contributed by atoms with van der Waals surface area (Å²) in [7, 11) is 0. The molecule has 0 amide bonds. The predicted molar refractivity (Wildman–Crippen MR) is 141 cm³/mol. The summed E-state index contributed by atoms with van der Waals surface area (Å²) >= 11 is 0. The topological polar surface area (TPSA) is 86.6 Å². The maximum absolute atomic E-state index is 12.1. The van der Waals surface area contributed by atoms with Crippen molar-refractivity contribution >= 4 is 0 Å². The highest BCUT2D eigenvalue weighted by Crippen LogP contribution is 2.41. The molecule has 7 heteroatoms. The van der Waals surface area contributed by atoms with E-state index in [1.54, 1.807) is 12.1 Å². The summed E-state index contributed by atoms with van der Waals surface area (Å²) in [4.78, 5) is 0. The van der Waals surface area contributed by atoms with Gasteiger partial charge in [-0.05, 0) is 31.2 Å². The van der Waals surface area contributed by atoms with Crippen molar-refractivity contribution in [2.75, 3.05) is 33.0 Å². The fourth-order valence-electron chi connectivity index (χ4n) is 4.35. The monoisotopic (exact) mass is 510 g/mol. The van der Waals surface area contributed by atoms with Crippen LogP contribution in [0.15, 0.2) is 30.3 Å². The van der Waals surface area contributed by atoms with Gasteiger partial charge in [0.2, 0.25) is 5.79 Å². The zero-order chi connectivity index (χ0) is 26.2. The molecule has 0 aliphatic carbocycles. The van der Waals surface area contributed by atoms with Gasteiger partial charge in [0.05, 0.1) is 6.61 Å². The Labute approximate surface area is 218 Å². The average Bonchev–Trinajstić information content (AvgIpc) is 2.89. The third-order valence-corrected chi connectivity index (χ3v) is 6.58.